The van der Waals surface area contributed by atoms with E-state index in [1.807, 2.05) is 6.07 Å². The maximum Gasteiger partial charge on any atom is 0.250 e. The van der Waals surface area contributed by atoms with Crippen molar-refractivity contribution < 1.29 is 0 Å². The van der Waals surface area contributed by atoms with Gasteiger partial charge in [-0.1, -0.05) is 38.5 Å². The minimum absolute atomic E-state index is 0.606. The molecule has 0 fully saturated rings. The van der Waals surface area contributed by atoms with Gasteiger partial charge in [-0.3, -0.25) is 0 Å². The van der Waals surface area contributed by atoms with E-state index >= 15 is 0 Å². The highest BCUT2D eigenvalue weighted by Gasteiger charge is 2.07. The van der Waals surface area contributed by atoms with Crippen molar-refractivity contribution in [2.24, 2.45) is 10.2 Å². The maximum absolute atomic E-state index is 4.36. The minimum atomic E-state index is 0.606. The number of aryl methyl sites for hydroxylation is 1. The lowest BCUT2D eigenvalue weighted by Crippen LogP contribution is -2.23. The number of unbranched alkanes of at least 4 members (excludes halogenated alkanes) is 2. The number of azo groups is 1. The molecule has 0 N–H and O–H groups in total. The van der Waals surface area contributed by atoms with E-state index in [9.17, 15) is 0 Å². The molecule has 0 aliphatic heterocycles. The first-order chi connectivity index (χ1) is 12.2. The van der Waals surface area contributed by atoms with Crippen molar-refractivity contribution in [3.8, 4) is 0 Å². The molecule has 0 spiro atoms. The molecule has 25 heavy (non-hydrogen) atoms. The Labute approximate surface area is 159 Å². The molecule has 1 aromatic carbocycles. The van der Waals surface area contributed by atoms with E-state index in [1.165, 1.54) is 36.5 Å². The van der Waals surface area contributed by atoms with E-state index in [0.717, 1.165) is 35.2 Å². The Morgan fingerprint density at radius 1 is 1.16 bits per heavy atom. The molecule has 136 valence electrons. The van der Waals surface area contributed by atoms with E-state index < -0.39 is 0 Å². The number of hydrogen-bond donors (Lipinski definition) is 0. The smallest absolute Gasteiger partial charge is 0.250 e. The van der Waals surface area contributed by atoms with Gasteiger partial charge in [-0.05, 0) is 49.8 Å². The Bertz CT molecular complexity index is 684. The van der Waals surface area contributed by atoms with Crippen molar-refractivity contribution in [2.45, 2.75) is 52.1 Å². The zero-order valence-electron chi connectivity index (χ0n) is 15.5. The van der Waals surface area contributed by atoms with Gasteiger partial charge in [0.25, 0.3) is 0 Å². The van der Waals surface area contributed by atoms with Crippen molar-refractivity contribution in [2.75, 3.05) is 23.7 Å². The first-order valence-electron chi connectivity index (χ1n) is 8.91. The predicted molar refractivity (Wildman–Crippen MR) is 109 cm³/mol. The average Bonchev–Trinajstić information content (AvgIpc) is 3.06. The molecule has 2 aromatic rings. The fraction of sp³-hybridized carbons (Fsp3) is 0.556. The van der Waals surface area contributed by atoms with Crippen LogP contribution in [0.15, 0.2) is 33.6 Å². The van der Waals surface area contributed by atoms with Gasteiger partial charge in [0.15, 0.2) is 0 Å². The molecule has 0 amide bonds. The lowest BCUT2D eigenvalue weighted by molar-refractivity contribution is 0.685. The van der Waals surface area contributed by atoms with Gasteiger partial charge in [0.1, 0.15) is 0 Å². The van der Waals surface area contributed by atoms with Crippen LogP contribution in [0.5, 0.6) is 0 Å². The Hall–Kier alpha value is -1.47. The van der Waals surface area contributed by atoms with Gasteiger partial charge in [-0.2, -0.15) is 9.36 Å². The number of thioether (sulfide) groups is 1. The molecule has 0 unspecified atom stereocenters. The Kier molecular flexibility index (Phi) is 8.34. The summed E-state index contributed by atoms with van der Waals surface area (Å²) in [6, 6.07) is 6.37. The van der Waals surface area contributed by atoms with Gasteiger partial charge in [-0.15, -0.1) is 10.2 Å². The molecule has 0 saturated heterocycles. The van der Waals surface area contributed by atoms with Gasteiger partial charge in [0, 0.05) is 30.3 Å². The molecule has 5 nitrogen and oxygen atoms in total. The fourth-order valence-electron chi connectivity index (χ4n) is 2.50. The molecule has 0 aliphatic carbocycles. The van der Waals surface area contributed by atoms with Gasteiger partial charge in [0.05, 0.1) is 5.69 Å². The lowest BCUT2D eigenvalue weighted by Gasteiger charge is -2.23. The van der Waals surface area contributed by atoms with Crippen LogP contribution in [-0.4, -0.2) is 28.2 Å². The van der Waals surface area contributed by atoms with Crippen molar-refractivity contribution in [1.29, 1.82) is 0 Å². The molecule has 0 saturated carbocycles. The van der Waals surface area contributed by atoms with Crippen molar-refractivity contribution in [3.63, 3.8) is 0 Å². The molecular formula is C18H27N5S2. The lowest BCUT2D eigenvalue weighted by atomic mass is 10.1. The van der Waals surface area contributed by atoms with E-state index in [4.69, 9.17) is 0 Å². The highest BCUT2D eigenvalue weighted by molar-refractivity contribution is 7.99. The van der Waals surface area contributed by atoms with E-state index in [-0.39, 0.29) is 0 Å². The van der Waals surface area contributed by atoms with Crippen molar-refractivity contribution >= 4 is 39.8 Å². The Morgan fingerprint density at radius 2 is 2.00 bits per heavy atom. The van der Waals surface area contributed by atoms with Gasteiger partial charge in [-0.25, -0.2) is 0 Å². The topological polar surface area (TPSA) is 53.7 Å². The summed E-state index contributed by atoms with van der Waals surface area (Å²) in [5.74, 6) is 0.958. The number of anilines is 1. The molecule has 0 atom stereocenters. The number of rotatable bonds is 10. The quantitative estimate of drug-likeness (QED) is 0.273. The monoisotopic (exact) mass is 377 g/mol. The van der Waals surface area contributed by atoms with Crippen LogP contribution in [0.25, 0.3) is 0 Å². The third-order valence-corrected chi connectivity index (χ3v) is 5.32. The SMILES string of the molecule is CCCCCN(CC)c1ccc(N=Nc2nc(SCC)ns2)c(C)c1. The van der Waals surface area contributed by atoms with Crippen LogP contribution in [-0.2, 0) is 0 Å². The molecule has 2 rings (SSSR count). The Morgan fingerprint density at radius 3 is 2.68 bits per heavy atom. The standard InChI is InChI=1S/C18H27N5S2/c1-5-8-9-12-23(6-2)15-10-11-16(14(4)13-15)20-21-17-19-18(22-25-17)24-7-3/h10-11,13H,5-9,12H2,1-4H3. The van der Waals surface area contributed by atoms with Crippen LogP contribution in [0.2, 0.25) is 0 Å². The zero-order chi connectivity index (χ0) is 18.1. The summed E-state index contributed by atoms with van der Waals surface area (Å²) in [6.07, 6.45) is 3.77. The Balaban J connectivity index is 2.05. The number of benzene rings is 1. The van der Waals surface area contributed by atoms with E-state index in [0.29, 0.717) is 5.13 Å². The van der Waals surface area contributed by atoms with Crippen LogP contribution in [0.3, 0.4) is 0 Å². The van der Waals surface area contributed by atoms with Crippen molar-refractivity contribution in [1.82, 2.24) is 9.36 Å². The predicted octanol–water partition coefficient (Wildman–Crippen LogP) is 6.39. The summed E-state index contributed by atoms with van der Waals surface area (Å²) in [7, 11) is 0. The summed E-state index contributed by atoms with van der Waals surface area (Å²) >= 11 is 2.90. The van der Waals surface area contributed by atoms with Crippen LogP contribution >= 0.6 is 23.3 Å². The third kappa shape index (κ3) is 6.08. The van der Waals surface area contributed by atoms with Gasteiger partial charge < -0.3 is 4.90 Å². The van der Waals surface area contributed by atoms with Crippen LogP contribution in [0, 0.1) is 6.92 Å². The summed E-state index contributed by atoms with van der Waals surface area (Å²) < 4.78 is 4.26. The highest BCUT2D eigenvalue weighted by atomic mass is 32.2. The fourth-order valence-corrected chi connectivity index (χ4v) is 3.69. The maximum atomic E-state index is 4.36. The second kappa shape index (κ2) is 10.5. The number of hydrogen-bond acceptors (Lipinski definition) is 7. The third-order valence-electron chi connectivity index (χ3n) is 3.87. The largest absolute Gasteiger partial charge is 0.372 e. The molecular weight excluding hydrogens is 350 g/mol. The zero-order valence-corrected chi connectivity index (χ0v) is 17.2. The first kappa shape index (κ1) is 19.8. The molecule has 1 aromatic heterocycles. The van der Waals surface area contributed by atoms with Crippen LogP contribution < -0.4 is 4.90 Å². The van der Waals surface area contributed by atoms with Crippen LogP contribution in [0.4, 0.5) is 16.5 Å². The minimum Gasteiger partial charge on any atom is -0.372 e. The van der Waals surface area contributed by atoms with Gasteiger partial charge >= 0.3 is 0 Å². The molecule has 0 aliphatic rings. The van der Waals surface area contributed by atoms with Gasteiger partial charge in [0.2, 0.25) is 10.3 Å². The summed E-state index contributed by atoms with van der Waals surface area (Å²) in [6.45, 7) is 10.7. The van der Waals surface area contributed by atoms with Crippen LogP contribution in [0.1, 0.15) is 45.6 Å². The average molecular weight is 378 g/mol. The van der Waals surface area contributed by atoms with Crippen molar-refractivity contribution in [3.05, 3.63) is 23.8 Å². The van der Waals surface area contributed by atoms with E-state index in [2.05, 4.69) is 64.3 Å². The molecule has 7 heteroatoms. The second-order valence-electron chi connectivity index (χ2n) is 5.75. The second-order valence-corrected chi connectivity index (χ2v) is 7.71. The normalized spacial score (nSPS) is 11.4. The highest BCUT2D eigenvalue weighted by Crippen LogP contribution is 2.28. The number of nitrogens with zero attached hydrogens (tertiary/aromatic N) is 5. The molecule has 0 radical (unpaired) electrons. The summed E-state index contributed by atoms with van der Waals surface area (Å²) in [5, 5.41) is 9.98. The molecule has 0 bridgehead atoms. The summed E-state index contributed by atoms with van der Waals surface area (Å²) in [5.41, 5.74) is 3.27. The molecule has 1 heterocycles. The van der Waals surface area contributed by atoms with E-state index in [1.54, 1.807) is 11.8 Å². The summed E-state index contributed by atoms with van der Waals surface area (Å²) in [4.78, 5) is 6.77. The number of aromatic nitrogens is 2. The first-order valence-corrected chi connectivity index (χ1v) is 10.7.